The van der Waals surface area contributed by atoms with Crippen molar-refractivity contribution in [3.8, 4) is 0 Å². The van der Waals surface area contributed by atoms with E-state index in [1.54, 1.807) is 0 Å². The zero-order valence-electron chi connectivity index (χ0n) is 18.3. The van der Waals surface area contributed by atoms with E-state index < -0.39 is 0 Å². The summed E-state index contributed by atoms with van der Waals surface area (Å²) in [5, 5.41) is 5.83. The maximum atomic E-state index is 12.3. The molecule has 0 spiro atoms. The summed E-state index contributed by atoms with van der Waals surface area (Å²) < 4.78 is 0. The molecule has 1 aliphatic heterocycles. The lowest BCUT2D eigenvalue weighted by Crippen LogP contribution is -2.48. The second kappa shape index (κ2) is 9.75. The third-order valence-corrected chi connectivity index (χ3v) is 6.37. The Hall–Kier alpha value is -1.88. The number of nitrogens with one attached hydrogen (secondary N) is 2. The summed E-state index contributed by atoms with van der Waals surface area (Å²) in [6, 6.07) is 7.84. The van der Waals surface area contributed by atoms with Gasteiger partial charge in [0.2, 0.25) is 5.91 Å². The van der Waals surface area contributed by atoms with Crippen LogP contribution in [0.15, 0.2) is 24.3 Å². The second-order valence-corrected chi connectivity index (χ2v) is 9.80. The fraction of sp³-hybridized carbons (Fsp3) is 0.667. The van der Waals surface area contributed by atoms with Gasteiger partial charge in [0.1, 0.15) is 0 Å². The van der Waals surface area contributed by atoms with Crippen LogP contribution < -0.4 is 10.6 Å². The summed E-state index contributed by atoms with van der Waals surface area (Å²) >= 11 is 0. The summed E-state index contributed by atoms with van der Waals surface area (Å²) in [4.78, 5) is 27.1. The lowest BCUT2D eigenvalue weighted by atomic mass is 9.87. The highest BCUT2D eigenvalue weighted by molar-refractivity contribution is 5.96. The van der Waals surface area contributed by atoms with Crippen molar-refractivity contribution in [2.75, 3.05) is 26.2 Å². The molecule has 160 valence electrons. The number of nitrogens with zero attached hydrogens (tertiary/aromatic N) is 1. The number of rotatable bonds is 6. The van der Waals surface area contributed by atoms with E-state index in [9.17, 15) is 9.59 Å². The van der Waals surface area contributed by atoms with Crippen LogP contribution in [0, 0.1) is 5.92 Å². The van der Waals surface area contributed by atoms with Crippen LogP contribution >= 0.6 is 0 Å². The molecular weight excluding hydrogens is 362 g/mol. The molecule has 0 bridgehead atoms. The standard InChI is InChI=1S/C24H37N3O2/c1-24(2,3)20-10-8-19(9-11-20)23(29)25-16-22(28)26-21-12-14-27(15-13-21)17-18-6-4-5-7-18/h8-11,18,21H,4-7,12-17H2,1-3H3,(H,25,29)(H,26,28). The van der Waals surface area contributed by atoms with Crippen molar-refractivity contribution in [1.29, 1.82) is 0 Å². The van der Waals surface area contributed by atoms with E-state index in [1.807, 2.05) is 24.3 Å². The lowest BCUT2D eigenvalue weighted by Gasteiger charge is -2.33. The molecule has 0 radical (unpaired) electrons. The maximum absolute atomic E-state index is 12.3. The average molecular weight is 400 g/mol. The first-order valence-electron chi connectivity index (χ1n) is 11.2. The highest BCUT2D eigenvalue weighted by Gasteiger charge is 2.24. The van der Waals surface area contributed by atoms with Gasteiger partial charge in [-0.2, -0.15) is 0 Å². The minimum Gasteiger partial charge on any atom is -0.352 e. The predicted molar refractivity (Wildman–Crippen MR) is 117 cm³/mol. The first-order chi connectivity index (χ1) is 13.8. The van der Waals surface area contributed by atoms with E-state index in [0.717, 1.165) is 31.8 Å². The Balaban J connectivity index is 1.36. The average Bonchev–Trinajstić information content (AvgIpc) is 3.20. The highest BCUT2D eigenvalue weighted by Crippen LogP contribution is 2.26. The van der Waals surface area contributed by atoms with Gasteiger partial charge in [0.05, 0.1) is 6.54 Å². The van der Waals surface area contributed by atoms with Crippen molar-refractivity contribution in [3.05, 3.63) is 35.4 Å². The SMILES string of the molecule is CC(C)(C)c1ccc(C(=O)NCC(=O)NC2CCN(CC3CCCC3)CC2)cc1. The molecule has 1 saturated carbocycles. The third-order valence-electron chi connectivity index (χ3n) is 6.37. The molecule has 1 heterocycles. The Morgan fingerprint density at radius 2 is 1.62 bits per heavy atom. The number of hydrogen-bond acceptors (Lipinski definition) is 3. The number of carbonyl (C=O) groups excluding carboxylic acids is 2. The normalized spacial score (nSPS) is 19.3. The van der Waals surface area contributed by atoms with Gasteiger partial charge in [-0.15, -0.1) is 0 Å². The molecule has 2 fully saturated rings. The minimum absolute atomic E-state index is 0.0299. The maximum Gasteiger partial charge on any atom is 0.251 e. The molecule has 2 N–H and O–H groups in total. The van der Waals surface area contributed by atoms with Crippen LogP contribution in [0.3, 0.4) is 0 Å². The molecule has 5 nitrogen and oxygen atoms in total. The topological polar surface area (TPSA) is 61.4 Å². The van der Waals surface area contributed by atoms with Gasteiger partial charge in [-0.3, -0.25) is 9.59 Å². The fourth-order valence-electron chi connectivity index (χ4n) is 4.48. The Bertz CT molecular complexity index is 679. The molecule has 29 heavy (non-hydrogen) atoms. The number of carbonyl (C=O) groups is 2. The zero-order chi connectivity index (χ0) is 20.9. The van der Waals surface area contributed by atoms with Crippen LogP contribution in [0.5, 0.6) is 0 Å². The quantitative estimate of drug-likeness (QED) is 0.770. The number of hydrogen-bond donors (Lipinski definition) is 2. The summed E-state index contributed by atoms with van der Waals surface area (Å²) in [5.41, 5.74) is 1.83. The van der Waals surface area contributed by atoms with Crippen LogP contribution in [-0.4, -0.2) is 48.9 Å². The van der Waals surface area contributed by atoms with Crippen molar-refractivity contribution in [3.63, 3.8) is 0 Å². The second-order valence-electron chi connectivity index (χ2n) is 9.80. The first kappa shape index (κ1) is 21.8. The molecule has 3 rings (SSSR count). The van der Waals surface area contributed by atoms with Gasteiger partial charge in [0.15, 0.2) is 0 Å². The van der Waals surface area contributed by atoms with Crippen LogP contribution in [-0.2, 0) is 10.2 Å². The molecule has 1 saturated heterocycles. The van der Waals surface area contributed by atoms with Crippen molar-refractivity contribution < 1.29 is 9.59 Å². The van der Waals surface area contributed by atoms with Gasteiger partial charge >= 0.3 is 0 Å². The number of likely N-dealkylation sites (tertiary alicyclic amines) is 1. The molecule has 1 aromatic rings. The molecule has 0 atom stereocenters. The minimum atomic E-state index is -0.202. The summed E-state index contributed by atoms with van der Waals surface area (Å²) in [7, 11) is 0. The molecule has 1 aromatic carbocycles. The zero-order valence-corrected chi connectivity index (χ0v) is 18.3. The molecule has 2 aliphatic rings. The van der Waals surface area contributed by atoms with Crippen molar-refractivity contribution in [2.45, 2.75) is 70.8 Å². The molecule has 0 unspecified atom stereocenters. The van der Waals surface area contributed by atoms with E-state index in [1.165, 1.54) is 37.8 Å². The van der Waals surface area contributed by atoms with Gasteiger partial charge in [-0.25, -0.2) is 0 Å². The fourth-order valence-corrected chi connectivity index (χ4v) is 4.48. The molecule has 1 aliphatic carbocycles. The van der Waals surface area contributed by atoms with Gasteiger partial charge in [-0.05, 0) is 54.7 Å². The number of piperidine rings is 1. The predicted octanol–water partition coefficient (Wildman–Crippen LogP) is 3.48. The van der Waals surface area contributed by atoms with Gasteiger partial charge in [0.25, 0.3) is 5.91 Å². The lowest BCUT2D eigenvalue weighted by molar-refractivity contribution is -0.121. The number of benzene rings is 1. The van der Waals surface area contributed by atoms with Gasteiger partial charge in [-0.1, -0.05) is 45.7 Å². The Morgan fingerprint density at radius 3 is 2.21 bits per heavy atom. The molecule has 0 aromatic heterocycles. The highest BCUT2D eigenvalue weighted by atomic mass is 16.2. The Kier molecular flexibility index (Phi) is 7.33. The van der Waals surface area contributed by atoms with Gasteiger partial charge in [0, 0.05) is 31.2 Å². The monoisotopic (exact) mass is 399 g/mol. The van der Waals surface area contributed by atoms with Crippen LogP contribution in [0.1, 0.15) is 75.2 Å². The van der Waals surface area contributed by atoms with Crippen molar-refractivity contribution in [1.82, 2.24) is 15.5 Å². The number of amides is 2. The third kappa shape index (κ3) is 6.56. The van der Waals surface area contributed by atoms with E-state index in [-0.39, 0.29) is 29.8 Å². The summed E-state index contributed by atoms with van der Waals surface area (Å²) in [6.07, 6.45) is 7.55. The largest absolute Gasteiger partial charge is 0.352 e. The van der Waals surface area contributed by atoms with Crippen molar-refractivity contribution >= 4 is 11.8 Å². The summed E-state index contributed by atoms with van der Waals surface area (Å²) in [6.45, 7) is 9.82. The molecule has 2 amide bonds. The van der Waals surface area contributed by atoms with E-state index in [4.69, 9.17) is 0 Å². The van der Waals surface area contributed by atoms with E-state index >= 15 is 0 Å². The smallest absolute Gasteiger partial charge is 0.251 e. The Labute approximate surface area is 175 Å². The first-order valence-corrected chi connectivity index (χ1v) is 11.2. The van der Waals surface area contributed by atoms with Crippen LogP contribution in [0.2, 0.25) is 0 Å². The van der Waals surface area contributed by atoms with Crippen LogP contribution in [0.25, 0.3) is 0 Å². The molecular formula is C24H37N3O2. The molecule has 5 heteroatoms. The summed E-state index contributed by atoms with van der Waals surface area (Å²) in [5.74, 6) is 0.583. The van der Waals surface area contributed by atoms with E-state index in [0.29, 0.717) is 5.56 Å². The van der Waals surface area contributed by atoms with Crippen LogP contribution in [0.4, 0.5) is 0 Å². The Morgan fingerprint density at radius 1 is 1.00 bits per heavy atom. The van der Waals surface area contributed by atoms with E-state index in [2.05, 4.69) is 36.3 Å². The van der Waals surface area contributed by atoms with Gasteiger partial charge < -0.3 is 15.5 Å². The van der Waals surface area contributed by atoms with Crippen molar-refractivity contribution in [2.24, 2.45) is 5.92 Å².